The van der Waals surface area contributed by atoms with Gasteiger partial charge >= 0.3 is 0 Å². The second kappa shape index (κ2) is 7.09. The van der Waals surface area contributed by atoms with Crippen LogP contribution in [0.5, 0.6) is 0 Å². The molecule has 1 aliphatic heterocycles. The first-order chi connectivity index (χ1) is 9.00. The van der Waals surface area contributed by atoms with E-state index in [1.165, 1.54) is 0 Å². The second-order valence-corrected chi connectivity index (χ2v) is 5.78. The number of likely N-dealkylation sites (tertiary alicyclic amines) is 1. The lowest BCUT2D eigenvalue weighted by atomic mass is 9.91. The predicted octanol–water partition coefficient (Wildman–Crippen LogP) is 2.92. The van der Waals surface area contributed by atoms with Gasteiger partial charge in [-0.3, -0.25) is 4.79 Å². The van der Waals surface area contributed by atoms with E-state index in [-0.39, 0.29) is 24.4 Å². The van der Waals surface area contributed by atoms with Crippen molar-refractivity contribution < 1.29 is 4.79 Å². The molecule has 3 nitrogen and oxygen atoms in total. The summed E-state index contributed by atoms with van der Waals surface area (Å²) in [6.07, 6.45) is 2.19. The summed E-state index contributed by atoms with van der Waals surface area (Å²) in [7, 11) is 0. The predicted molar refractivity (Wildman–Crippen MR) is 85.4 cm³/mol. The van der Waals surface area contributed by atoms with Crippen LogP contribution < -0.4 is 5.73 Å². The van der Waals surface area contributed by atoms with Crippen LogP contribution in [0, 0.1) is 19.8 Å². The molecule has 0 aliphatic carbocycles. The van der Waals surface area contributed by atoms with E-state index in [4.69, 9.17) is 5.73 Å². The smallest absolute Gasteiger partial charge is 0.254 e. The van der Waals surface area contributed by atoms with Crippen LogP contribution in [0.2, 0.25) is 0 Å². The molecule has 1 heterocycles. The van der Waals surface area contributed by atoms with Crippen molar-refractivity contribution in [3.05, 3.63) is 34.9 Å². The lowest BCUT2D eigenvalue weighted by Crippen LogP contribution is -2.45. The van der Waals surface area contributed by atoms with Crippen LogP contribution in [-0.2, 0) is 0 Å². The molecule has 1 aliphatic rings. The maximum Gasteiger partial charge on any atom is 0.254 e. The summed E-state index contributed by atoms with van der Waals surface area (Å²) in [4.78, 5) is 14.7. The number of carbonyl (C=O) groups is 1. The molecule has 0 bridgehead atoms. The molecule has 0 aromatic heterocycles. The monoisotopic (exact) mass is 296 g/mol. The normalized spacial score (nSPS) is 20.2. The molecule has 1 saturated heterocycles. The number of aryl methyl sites for hydroxylation is 2. The highest BCUT2D eigenvalue weighted by Crippen LogP contribution is 2.23. The van der Waals surface area contributed by atoms with Gasteiger partial charge in [0.2, 0.25) is 0 Å². The Morgan fingerprint density at radius 3 is 2.50 bits per heavy atom. The average Bonchev–Trinajstić information content (AvgIpc) is 2.38. The minimum Gasteiger partial charge on any atom is -0.338 e. The zero-order chi connectivity index (χ0) is 14.0. The van der Waals surface area contributed by atoms with Crippen molar-refractivity contribution in [3.63, 3.8) is 0 Å². The fourth-order valence-electron chi connectivity index (χ4n) is 2.93. The van der Waals surface area contributed by atoms with E-state index >= 15 is 0 Å². The van der Waals surface area contributed by atoms with E-state index in [1.54, 1.807) is 0 Å². The van der Waals surface area contributed by atoms with E-state index in [2.05, 4.69) is 0 Å². The van der Waals surface area contributed by atoms with Gasteiger partial charge in [0.15, 0.2) is 0 Å². The van der Waals surface area contributed by atoms with Crippen LogP contribution in [0.3, 0.4) is 0 Å². The van der Waals surface area contributed by atoms with Gasteiger partial charge in [-0.25, -0.2) is 0 Å². The van der Waals surface area contributed by atoms with Gasteiger partial charge in [-0.05, 0) is 50.7 Å². The lowest BCUT2D eigenvalue weighted by molar-refractivity contribution is 0.0659. The number of carbonyl (C=O) groups excluding carboxylic acids is 1. The molecule has 2 unspecified atom stereocenters. The maximum absolute atomic E-state index is 12.7. The van der Waals surface area contributed by atoms with E-state index in [1.807, 2.05) is 43.9 Å². The van der Waals surface area contributed by atoms with Crippen LogP contribution in [0.1, 0.15) is 41.3 Å². The third-order valence-corrected chi connectivity index (χ3v) is 4.18. The Kier molecular flexibility index (Phi) is 6.03. The number of nitrogens with zero attached hydrogens (tertiary/aromatic N) is 1. The summed E-state index contributed by atoms with van der Waals surface area (Å²) in [5.74, 6) is 0.600. The molecule has 2 rings (SSSR count). The molecule has 1 amide bonds. The van der Waals surface area contributed by atoms with Gasteiger partial charge < -0.3 is 10.6 Å². The highest BCUT2D eigenvalue weighted by Gasteiger charge is 2.27. The molecule has 0 saturated carbocycles. The van der Waals surface area contributed by atoms with E-state index in [0.29, 0.717) is 5.92 Å². The second-order valence-electron chi connectivity index (χ2n) is 5.78. The first-order valence-corrected chi connectivity index (χ1v) is 7.11. The molecule has 1 fully saturated rings. The van der Waals surface area contributed by atoms with Crippen molar-refractivity contribution in [3.8, 4) is 0 Å². The lowest BCUT2D eigenvalue weighted by Gasteiger charge is -2.35. The van der Waals surface area contributed by atoms with Gasteiger partial charge in [0.05, 0.1) is 0 Å². The van der Waals surface area contributed by atoms with Gasteiger partial charge in [-0.15, -0.1) is 12.4 Å². The minimum absolute atomic E-state index is 0. The molecule has 1 aromatic rings. The van der Waals surface area contributed by atoms with Crippen LogP contribution >= 0.6 is 12.4 Å². The highest BCUT2D eigenvalue weighted by atomic mass is 35.5. The van der Waals surface area contributed by atoms with Crippen molar-refractivity contribution >= 4 is 18.3 Å². The topological polar surface area (TPSA) is 46.3 Å². The van der Waals surface area contributed by atoms with Crippen molar-refractivity contribution in [2.45, 2.75) is 39.7 Å². The first kappa shape index (κ1) is 17.0. The third kappa shape index (κ3) is 3.53. The zero-order valence-electron chi connectivity index (χ0n) is 12.6. The van der Waals surface area contributed by atoms with Crippen molar-refractivity contribution in [2.24, 2.45) is 11.7 Å². The fraction of sp³-hybridized carbons (Fsp3) is 0.562. The molecular weight excluding hydrogens is 272 g/mol. The number of piperidine rings is 1. The molecule has 2 N–H and O–H groups in total. The SMILES string of the molecule is Cc1cccc(C)c1C(=O)N1CCCC(C(C)N)C1.Cl. The van der Waals surface area contributed by atoms with Crippen LogP contribution in [0.25, 0.3) is 0 Å². The quantitative estimate of drug-likeness (QED) is 0.912. The molecule has 112 valence electrons. The largest absolute Gasteiger partial charge is 0.338 e. The summed E-state index contributed by atoms with van der Waals surface area (Å²) in [5, 5.41) is 0. The summed E-state index contributed by atoms with van der Waals surface area (Å²) in [5.41, 5.74) is 8.98. The summed E-state index contributed by atoms with van der Waals surface area (Å²) in [6, 6.07) is 6.18. The molecular formula is C16H25ClN2O. The standard InChI is InChI=1S/C16H24N2O.ClH/c1-11-6-4-7-12(2)15(11)16(19)18-9-5-8-14(10-18)13(3)17;/h4,6-7,13-14H,5,8-10,17H2,1-3H3;1H. The van der Waals surface area contributed by atoms with Gasteiger partial charge in [-0.1, -0.05) is 18.2 Å². The van der Waals surface area contributed by atoms with E-state index < -0.39 is 0 Å². The van der Waals surface area contributed by atoms with Crippen LogP contribution in [-0.4, -0.2) is 29.9 Å². The van der Waals surface area contributed by atoms with Crippen molar-refractivity contribution in [1.82, 2.24) is 4.90 Å². The molecule has 0 radical (unpaired) electrons. The zero-order valence-corrected chi connectivity index (χ0v) is 13.4. The number of rotatable bonds is 2. The maximum atomic E-state index is 12.7. The first-order valence-electron chi connectivity index (χ1n) is 7.11. The van der Waals surface area contributed by atoms with Crippen molar-refractivity contribution in [2.75, 3.05) is 13.1 Å². The Hall–Kier alpha value is -1.06. The average molecular weight is 297 g/mol. The summed E-state index contributed by atoms with van der Waals surface area (Å²) < 4.78 is 0. The summed E-state index contributed by atoms with van der Waals surface area (Å²) >= 11 is 0. The van der Waals surface area contributed by atoms with Gasteiger partial charge in [0.1, 0.15) is 0 Å². The number of nitrogens with two attached hydrogens (primary N) is 1. The molecule has 0 spiro atoms. The van der Waals surface area contributed by atoms with Crippen molar-refractivity contribution in [1.29, 1.82) is 0 Å². The Balaban J connectivity index is 0.00000200. The molecule has 4 heteroatoms. The molecule has 2 atom stereocenters. The Morgan fingerprint density at radius 1 is 1.35 bits per heavy atom. The Morgan fingerprint density at radius 2 is 1.95 bits per heavy atom. The Labute approximate surface area is 127 Å². The van der Waals surface area contributed by atoms with Gasteiger partial charge in [-0.2, -0.15) is 0 Å². The van der Waals surface area contributed by atoms with E-state index in [0.717, 1.165) is 42.6 Å². The van der Waals surface area contributed by atoms with Crippen LogP contribution in [0.4, 0.5) is 0 Å². The van der Waals surface area contributed by atoms with Gasteiger partial charge in [0, 0.05) is 24.7 Å². The summed E-state index contributed by atoms with van der Waals surface area (Å²) in [6.45, 7) is 7.71. The Bertz CT molecular complexity index is 453. The number of halogens is 1. The number of benzene rings is 1. The number of hydrogen-bond acceptors (Lipinski definition) is 2. The van der Waals surface area contributed by atoms with E-state index in [9.17, 15) is 4.79 Å². The highest BCUT2D eigenvalue weighted by molar-refractivity contribution is 5.97. The fourth-order valence-corrected chi connectivity index (χ4v) is 2.93. The number of amides is 1. The van der Waals surface area contributed by atoms with Gasteiger partial charge in [0.25, 0.3) is 5.91 Å². The molecule has 20 heavy (non-hydrogen) atoms. The van der Waals surface area contributed by atoms with Crippen LogP contribution in [0.15, 0.2) is 18.2 Å². The number of hydrogen-bond donors (Lipinski definition) is 1. The molecule has 1 aromatic carbocycles. The minimum atomic E-state index is 0. The third-order valence-electron chi connectivity index (χ3n) is 4.18.